The van der Waals surface area contributed by atoms with Crippen LogP contribution in [-0.2, 0) is 11.3 Å². The zero-order valence-corrected chi connectivity index (χ0v) is 16.1. The van der Waals surface area contributed by atoms with E-state index in [4.69, 9.17) is 4.74 Å². The SMILES string of the molecule is CCNC(=NCC1(O)CCOCC1)N(C)Cc1ncc(-c2ccccc2)[nH]1. The summed E-state index contributed by atoms with van der Waals surface area (Å²) in [5.74, 6) is 1.63. The van der Waals surface area contributed by atoms with E-state index in [1.807, 2.05) is 43.3 Å². The molecule has 0 spiro atoms. The summed E-state index contributed by atoms with van der Waals surface area (Å²) >= 11 is 0. The number of aliphatic hydroxyl groups is 1. The largest absolute Gasteiger partial charge is 0.388 e. The second-order valence-corrected chi connectivity index (χ2v) is 6.97. The monoisotopic (exact) mass is 371 g/mol. The molecule has 27 heavy (non-hydrogen) atoms. The Morgan fingerprint density at radius 2 is 2.07 bits per heavy atom. The van der Waals surface area contributed by atoms with E-state index in [2.05, 4.69) is 32.4 Å². The number of aromatic amines is 1. The molecular formula is C20H29N5O2. The van der Waals surface area contributed by atoms with Crippen LogP contribution >= 0.6 is 0 Å². The third kappa shape index (κ3) is 5.30. The van der Waals surface area contributed by atoms with Gasteiger partial charge in [0.15, 0.2) is 5.96 Å². The van der Waals surface area contributed by atoms with Gasteiger partial charge in [0, 0.05) is 39.6 Å². The number of hydrogen-bond donors (Lipinski definition) is 3. The number of hydrogen-bond acceptors (Lipinski definition) is 4. The van der Waals surface area contributed by atoms with Crippen LogP contribution in [-0.4, -0.2) is 64.9 Å². The van der Waals surface area contributed by atoms with Gasteiger partial charge < -0.3 is 25.0 Å². The summed E-state index contributed by atoms with van der Waals surface area (Å²) in [6.45, 7) is 4.95. The molecule has 0 aliphatic carbocycles. The molecule has 3 rings (SSSR count). The van der Waals surface area contributed by atoms with E-state index < -0.39 is 5.60 Å². The van der Waals surface area contributed by atoms with E-state index in [0.717, 1.165) is 29.6 Å². The van der Waals surface area contributed by atoms with Crippen LogP contribution in [0.3, 0.4) is 0 Å². The Morgan fingerprint density at radius 1 is 1.33 bits per heavy atom. The summed E-state index contributed by atoms with van der Waals surface area (Å²) in [4.78, 5) is 14.5. The Bertz CT molecular complexity index is 738. The van der Waals surface area contributed by atoms with Gasteiger partial charge in [-0.25, -0.2) is 4.98 Å². The number of aromatic nitrogens is 2. The molecule has 0 amide bonds. The highest BCUT2D eigenvalue weighted by Crippen LogP contribution is 2.21. The maximum Gasteiger partial charge on any atom is 0.194 e. The minimum Gasteiger partial charge on any atom is -0.388 e. The summed E-state index contributed by atoms with van der Waals surface area (Å²) in [6, 6.07) is 10.1. The molecule has 0 radical (unpaired) electrons. The molecule has 0 saturated carbocycles. The average Bonchev–Trinajstić information content (AvgIpc) is 3.15. The molecule has 1 aliphatic heterocycles. The number of ether oxygens (including phenoxy) is 1. The highest BCUT2D eigenvalue weighted by molar-refractivity contribution is 5.79. The van der Waals surface area contributed by atoms with Crippen LogP contribution in [0.1, 0.15) is 25.6 Å². The molecule has 0 bridgehead atoms. The van der Waals surface area contributed by atoms with Crippen LogP contribution in [0.4, 0.5) is 0 Å². The lowest BCUT2D eigenvalue weighted by Gasteiger charge is -2.31. The van der Waals surface area contributed by atoms with E-state index in [-0.39, 0.29) is 0 Å². The lowest BCUT2D eigenvalue weighted by Crippen LogP contribution is -2.43. The van der Waals surface area contributed by atoms with Gasteiger partial charge in [0.25, 0.3) is 0 Å². The Hall–Kier alpha value is -2.38. The predicted octanol–water partition coefficient (Wildman–Crippen LogP) is 2.02. The molecule has 0 atom stereocenters. The van der Waals surface area contributed by atoms with Crippen molar-refractivity contribution in [2.45, 2.75) is 31.9 Å². The average molecular weight is 371 g/mol. The summed E-state index contributed by atoms with van der Waals surface area (Å²) in [5, 5.41) is 13.9. The van der Waals surface area contributed by atoms with Crippen molar-refractivity contribution in [3.63, 3.8) is 0 Å². The number of rotatable bonds is 6. The zero-order valence-electron chi connectivity index (χ0n) is 16.1. The smallest absolute Gasteiger partial charge is 0.194 e. The number of aliphatic imine (C=N–C) groups is 1. The highest BCUT2D eigenvalue weighted by Gasteiger charge is 2.29. The number of H-pyrrole nitrogens is 1. The second kappa shape index (κ2) is 9.01. The van der Waals surface area contributed by atoms with E-state index in [1.54, 1.807) is 0 Å². The van der Waals surface area contributed by atoms with Crippen LogP contribution in [0.15, 0.2) is 41.5 Å². The molecule has 7 nitrogen and oxygen atoms in total. The molecule has 7 heteroatoms. The Morgan fingerprint density at radius 3 is 2.78 bits per heavy atom. The van der Waals surface area contributed by atoms with E-state index >= 15 is 0 Å². The van der Waals surface area contributed by atoms with Crippen LogP contribution in [0.5, 0.6) is 0 Å². The van der Waals surface area contributed by atoms with Crippen LogP contribution in [0, 0.1) is 0 Å². The fraction of sp³-hybridized carbons (Fsp3) is 0.500. The third-order valence-corrected chi connectivity index (χ3v) is 4.74. The normalized spacial score (nSPS) is 16.9. The molecule has 2 aromatic rings. The number of nitrogens with zero attached hydrogens (tertiary/aromatic N) is 3. The van der Waals surface area contributed by atoms with E-state index in [1.165, 1.54) is 0 Å². The van der Waals surface area contributed by atoms with Crippen LogP contribution < -0.4 is 5.32 Å². The van der Waals surface area contributed by atoms with Crippen LogP contribution in [0.25, 0.3) is 11.3 Å². The van der Waals surface area contributed by atoms with Gasteiger partial charge in [-0.2, -0.15) is 0 Å². The molecule has 2 heterocycles. The molecule has 1 saturated heterocycles. The molecule has 3 N–H and O–H groups in total. The van der Waals surface area contributed by atoms with Crippen molar-refractivity contribution in [3.05, 3.63) is 42.4 Å². The maximum absolute atomic E-state index is 10.6. The van der Waals surface area contributed by atoms with E-state index in [0.29, 0.717) is 39.1 Å². The van der Waals surface area contributed by atoms with Gasteiger partial charge in [-0.15, -0.1) is 0 Å². The fourth-order valence-electron chi connectivity index (χ4n) is 3.11. The summed E-state index contributed by atoms with van der Waals surface area (Å²) in [7, 11) is 1.97. The maximum atomic E-state index is 10.6. The number of guanidine groups is 1. The number of nitrogens with one attached hydrogen (secondary N) is 2. The van der Waals surface area contributed by atoms with Gasteiger partial charge in [0.2, 0.25) is 0 Å². The Balaban J connectivity index is 1.65. The predicted molar refractivity (Wildman–Crippen MR) is 106 cm³/mol. The first kappa shape index (κ1) is 19.4. The molecule has 1 fully saturated rings. The van der Waals surface area contributed by atoms with Crippen molar-refractivity contribution >= 4 is 5.96 Å². The van der Waals surface area contributed by atoms with Gasteiger partial charge in [-0.3, -0.25) is 4.99 Å². The standard InChI is InChI=1S/C20H29N5O2/c1-3-21-19(23-15-20(26)9-11-27-12-10-20)25(2)14-18-22-13-17(24-18)16-7-5-4-6-8-16/h4-8,13,26H,3,9-12,14-15H2,1-2H3,(H,21,23)(H,22,24). The fourth-order valence-corrected chi connectivity index (χ4v) is 3.11. The molecular weight excluding hydrogens is 342 g/mol. The summed E-state index contributed by atoms with van der Waals surface area (Å²) < 4.78 is 5.34. The van der Waals surface area contributed by atoms with Crippen LogP contribution in [0.2, 0.25) is 0 Å². The minimum absolute atomic E-state index is 0.371. The first-order valence-corrected chi connectivity index (χ1v) is 9.48. The number of imidazole rings is 1. The Kier molecular flexibility index (Phi) is 6.47. The van der Waals surface area contributed by atoms with Crippen molar-refractivity contribution in [1.82, 2.24) is 20.2 Å². The zero-order chi connectivity index (χ0) is 19.1. The highest BCUT2D eigenvalue weighted by atomic mass is 16.5. The molecule has 1 aromatic heterocycles. The lowest BCUT2D eigenvalue weighted by atomic mass is 9.95. The van der Waals surface area contributed by atoms with Gasteiger partial charge >= 0.3 is 0 Å². The molecule has 146 valence electrons. The van der Waals surface area contributed by atoms with Gasteiger partial charge in [-0.05, 0) is 12.5 Å². The summed E-state index contributed by atoms with van der Waals surface area (Å²) in [5.41, 5.74) is 1.34. The van der Waals surface area contributed by atoms with Crippen molar-refractivity contribution < 1.29 is 9.84 Å². The lowest BCUT2D eigenvalue weighted by molar-refractivity contribution is -0.0566. The van der Waals surface area contributed by atoms with Crippen molar-refractivity contribution in [3.8, 4) is 11.3 Å². The van der Waals surface area contributed by atoms with Gasteiger partial charge in [-0.1, -0.05) is 30.3 Å². The minimum atomic E-state index is -0.773. The topological polar surface area (TPSA) is 85.8 Å². The molecule has 1 aromatic carbocycles. The third-order valence-electron chi connectivity index (χ3n) is 4.74. The number of benzene rings is 1. The molecule has 1 aliphatic rings. The van der Waals surface area contributed by atoms with Gasteiger partial charge in [0.1, 0.15) is 5.82 Å². The quantitative estimate of drug-likeness (QED) is 0.534. The van der Waals surface area contributed by atoms with Gasteiger partial charge in [0.05, 0.1) is 30.6 Å². The molecule has 0 unspecified atom stereocenters. The van der Waals surface area contributed by atoms with Crippen molar-refractivity contribution in [2.24, 2.45) is 4.99 Å². The summed E-state index contributed by atoms with van der Waals surface area (Å²) in [6.07, 6.45) is 3.10. The van der Waals surface area contributed by atoms with Crippen molar-refractivity contribution in [2.75, 3.05) is 33.4 Å². The van der Waals surface area contributed by atoms with Crippen molar-refractivity contribution in [1.29, 1.82) is 0 Å². The first-order chi connectivity index (χ1) is 13.1. The first-order valence-electron chi connectivity index (χ1n) is 9.48. The van der Waals surface area contributed by atoms with E-state index in [9.17, 15) is 5.11 Å². The second-order valence-electron chi connectivity index (χ2n) is 6.97. The Labute approximate surface area is 160 Å².